The summed E-state index contributed by atoms with van der Waals surface area (Å²) in [6.45, 7) is 0.706. The van der Waals surface area contributed by atoms with Gasteiger partial charge in [-0.25, -0.2) is 4.98 Å². The summed E-state index contributed by atoms with van der Waals surface area (Å²) >= 11 is 1.57. The highest BCUT2D eigenvalue weighted by molar-refractivity contribution is 7.19. The lowest BCUT2D eigenvalue weighted by Gasteiger charge is -2.22. The lowest BCUT2D eigenvalue weighted by molar-refractivity contribution is -0.384. The predicted molar refractivity (Wildman–Crippen MR) is 113 cm³/mol. The molecule has 0 radical (unpaired) electrons. The zero-order valence-corrected chi connectivity index (χ0v) is 15.8. The van der Waals surface area contributed by atoms with E-state index in [4.69, 9.17) is 0 Å². The van der Waals surface area contributed by atoms with Crippen LogP contribution in [0.5, 0.6) is 0 Å². The van der Waals surface area contributed by atoms with Crippen molar-refractivity contribution in [1.82, 2.24) is 4.98 Å². The fraction of sp³-hybridized carbons (Fsp3) is 0.0455. The highest BCUT2D eigenvalue weighted by Gasteiger charge is 2.15. The van der Waals surface area contributed by atoms with Crippen LogP contribution in [0, 0.1) is 10.1 Å². The van der Waals surface area contributed by atoms with E-state index in [9.17, 15) is 10.1 Å². The lowest BCUT2D eigenvalue weighted by atomic mass is 10.2. The van der Waals surface area contributed by atoms with Crippen molar-refractivity contribution in [3.05, 3.63) is 107 Å². The fourth-order valence-corrected chi connectivity index (χ4v) is 3.86. The minimum atomic E-state index is -0.390. The summed E-state index contributed by atoms with van der Waals surface area (Å²) in [5.74, 6) is 0. The van der Waals surface area contributed by atoms with Crippen molar-refractivity contribution in [3.8, 4) is 10.4 Å². The molecule has 4 aromatic rings. The van der Waals surface area contributed by atoms with Crippen molar-refractivity contribution in [2.24, 2.45) is 0 Å². The molecule has 1 aromatic heterocycles. The van der Waals surface area contributed by atoms with Gasteiger partial charge in [0, 0.05) is 24.0 Å². The van der Waals surface area contributed by atoms with Gasteiger partial charge in [-0.15, -0.1) is 0 Å². The number of hydrogen-bond donors (Lipinski definition) is 0. The molecule has 3 aromatic carbocycles. The molecule has 0 unspecified atom stereocenters. The predicted octanol–water partition coefficient (Wildman–Crippen LogP) is 6.06. The van der Waals surface area contributed by atoms with Crippen LogP contribution in [0.4, 0.5) is 16.5 Å². The average Bonchev–Trinajstić information content (AvgIpc) is 3.23. The first-order valence-corrected chi connectivity index (χ1v) is 9.59. The van der Waals surface area contributed by atoms with E-state index in [1.54, 1.807) is 23.5 Å². The van der Waals surface area contributed by atoms with Crippen LogP contribution < -0.4 is 4.90 Å². The number of non-ortho nitro benzene ring substituents is 1. The van der Waals surface area contributed by atoms with Crippen molar-refractivity contribution in [2.75, 3.05) is 4.90 Å². The van der Waals surface area contributed by atoms with Crippen LogP contribution in [0.15, 0.2) is 91.1 Å². The fourth-order valence-electron chi connectivity index (χ4n) is 2.91. The minimum Gasteiger partial charge on any atom is -0.313 e. The number of nitro benzene ring substituents is 1. The maximum Gasteiger partial charge on any atom is 0.269 e. The molecule has 5 nitrogen and oxygen atoms in total. The second-order valence-electron chi connectivity index (χ2n) is 6.22. The van der Waals surface area contributed by atoms with E-state index in [1.807, 2.05) is 42.6 Å². The van der Waals surface area contributed by atoms with E-state index in [0.29, 0.717) is 6.54 Å². The van der Waals surface area contributed by atoms with Gasteiger partial charge in [-0.1, -0.05) is 59.9 Å². The van der Waals surface area contributed by atoms with Gasteiger partial charge >= 0.3 is 0 Å². The first kappa shape index (κ1) is 17.9. The van der Waals surface area contributed by atoms with E-state index in [-0.39, 0.29) is 5.69 Å². The third-order valence-corrected chi connectivity index (χ3v) is 5.41. The van der Waals surface area contributed by atoms with E-state index in [1.165, 1.54) is 17.7 Å². The Morgan fingerprint density at radius 1 is 0.893 bits per heavy atom. The molecule has 0 aliphatic rings. The molecule has 1 heterocycles. The first-order valence-electron chi connectivity index (χ1n) is 8.78. The van der Waals surface area contributed by atoms with Gasteiger partial charge in [-0.2, -0.15) is 0 Å². The van der Waals surface area contributed by atoms with Gasteiger partial charge in [0.05, 0.1) is 16.3 Å². The largest absolute Gasteiger partial charge is 0.313 e. The third kappa shape index (κ3) is 3.92. The monoisotopic (exact) mass is 387 g/mol. The standard InChI is InChI=1S/C22H17N3O2S/c26-25(27)20-13-11-18(12-14-20)21-15-23-22(28-21)24(19-9-5-2-6-10-19)16-17-7-3-1-4-8-17/h1-15H,16H2. The molecule has 0 aliphatic carbocycles. The number of benzene rings is 3. The minimum absolute atomic E-state index is 0.0866. The molecule has 0 N–H and O–H groups in total. The molecule has 0 saturated heterocycles. The van der Waals surface area contributed by atoms with E-state index in [0.717, 1.165) is 21.3 Å². The molecule has 0 atom stereocenters. The molecule has 0 bridgehead atoms. The third-order valence-electron chi connectivity index (χ3n) is 4.34. The number of hydrogen-bond acceptors (Lipinski definition) is 5. The van der Waals surface area contributed by atoms with Gasteiger partial charge in [0.1, 0.15) is 0 Å². The molecule has 138 valence electrons. The van der Waals surface area contributed by atoms with Gasteiger partial charge in [0.15, 0.2) is 5.13 Å². The maximum atomic E-state index is 10.9. The number of thiazole rings is 1. The van der Waals surface area contributed by atoms with Crippen LogP contribution in [0.2, 0.25) is 0 Å². The number of nitro groups is 1. The first-order chi connectivity index (χ1) is 13.7. The Balaban J connectivity index is 1.66. The van der Waals surface area contributed by atoms with Crippen LogP contribution in [0.3, 0.4) is 0 Å². The Labute approximate surface area is 166 Å². The van der Waals surface area contributed by atoms with Crippen molar-refractivity contribution in [3.63, 3.8) is 0 Å². The summed E-state index contributed by atoms with van der Waals surface area (Å²) in [5.41, 5.74) is 3.26. The lowest BCUT2D eigenvalue weighted by Crippen LogP contribution is -2.15. The van der Waals surface area contributed by atoms with Gasteiger partial charge < -0.3 is 4.90 Å². The molecule has 0 fully saturated rings. The van der Waals surface area contributed by atoms with Crippen molar-refractivity contribution in [1.29, 1.82) is 0 Å². The maximum absolute atomic E-state index is 10.9. The van der Waals surface area contributed by atoms with Crippen molar-refractivity contribution in [2.45, 2.75) is 6.54 Å². The zero-order valence-electron chi connectivity index (χ0n) is 14.9. The number of para-hydroxylation sites is 1. The number of nitrogens with zero attached hydrogens (tertiary/aromatic N) is 3. The Morgan fingerprint density at radius 2 is 1.54 bits per heavy atom. The van der Waals surface area contributed by atoms with E-state index in [2.05, 4.69) is 34.1 Å². The topological polar surface area (TPSA) is 59.3 Å². The Bertz CT molecular complexity index is 1060. The zero-order chi connectivity index (χ0) is 19.3. The molecule has 0 aliphatic heterocycles. The summed E-state index contributed by atoms with van der Waals surface area (Å²) < 4.78 is 0. The van der Waals surface area contributed by atoms with Crippen molar-refractivity contribution >= 4 is 27.8 Å². The number of aromatic nitrogens is 1. The quantitative estimate of drug-likeness (QED) is 0.298. The highest BCUT2D eigenvalue weighted by atomic mass is 32.1. The smallest absolute Gasteiger partial charge is 0.269 e. The molecule has 0 saturated carbocycles. The van der Waals surface area contributed by atoms with Crippen molar-refractivity contribution < 1.29 is 4.92 Å². The summed E-state index contributed by atoms with van der Waals surface area (Å²) in [7, 11) is 0. The molecule has 0 spiro atoms. The van der Waals surface area contributed by atoms with E-state index >= 15 is 0 Å². The van der Waals surface area contributed by atoms with Gasteiger partial charge in [0.2, 0.25) is 0 Å². The van der Waals surface area contributed by atoms with Crippen LogP contribution >= 0.6 is 11.3 Å². The Morgan fingerprint density at radius 3 is 2.18 bits per heavy atom. The summed E-state index contributed by atoms with van der Waals surface area (Å²) in [6.07, 6.45) is 1.82. The van der Waals surface area contributed by atoms with E-state index < -0.39 is 4.92 Å². The second-order valence-corrected chi connectivity index (χ2v) is 7.23. The van der Waals surface area contributed by atoms with Crippen LogP contribution in [0.1, 0.15) is 5.56 Å². The SMILES string of the molecule is O=[N+]([O-])c1ccc(-c2cnc(N(Cc3ccccc3)c3ccccc3)s2)cc1. The average molecular weight is 387 g/mol. The Hall–Kier alpha value is -3.51. The molecule has 6 heteroatoms. The molecule has 4 rings (SSSR count). The molecular weight excluding hydrogens is 370 g/mol. The van der Waals surface area contributed by atoms with Crippen LogP contribution in [-0.4, -0.2) is 9.91 Å². The Kier molecular flexibility index (Phi) is 5.12. The number of anilines is 2. The molecular formula is C22H17N3O2S. The van der Waals surface area contributed by atoms with Crippen LogP contribution in [0.25, 0.3) is 10.4 Å². The summed E-state index contributed by atoms with van der Waals surface area (Å²) in [4.78, 5) is 18.3. The highest BCUT2D eigenvalue weighted by Crippen LogP contribution is 2.36. The molecule has 0 amide bonds. The summed E-state index contributed by atoms with van der Waals surface area (Å²) in [6, 6.07) is 27.0. The number of rotatable bonds is 6. The molecule has 28 heavy (non-hydrogen) atoms. The van der Waals surface area contributed by atoms with Gasteiger partial charge in [0.25, 0.3) is 5.69 Å². The van der Waals surface area contributed by atoms with Gasteiger partial charge in [-0.05, 0) is 35.4 Å². The van der Waals surface area contributed by atoms with Gasteiger partial charge in [-0.3, -0.25) is 10.1 Å². The second kappa shape index (κ2) is 8.02. The normalized spacial score (nSPS) is 10.6. The van der Waals surface area contributed by atoms with Crippen LogP contribution in [-0.2, 0) is 6.54 Å². The summed E-state index contributed by atoms with van der Waals surface area (Å²) in [5, 5.41) is 11.7.